The summed E-state index contributed by atoms with van der Waals surface area (Å²) in [5.74, 6) is 0. The number of hydrogen-bond acceptors (Lipinski definition) is 5. The third-order valence-electron chi connectivity index (χ3n) is 4.34. The molecule has 26 heavy (non-hydrogen) atoms. The SMILES string of the molecule is Cl.Nc1cc(S(N)(=O)=O)ccc1N1CCCN(c2cccc(Cl)c2)CC1. The number of sulfonamides is 1. The molecule has 0 radical (unpaired) electrons. The summed E-state index contributed by atoms with van der Waals surface area (Å²) in [7, 11) is -3.75. The maximum atomic E-state index is 11.4. The predicted molar refractivity (Wildman–Crippen MR) is 110 cm³/mol. The zero-order valence-corrected chi connectivity index (χ0v) is 16.5. The number of primary sulfonamides is 1. The van der Waals surface area contributed by atoms with Crippen LogP contribution in [0.2, 0.25) is 5.02 Å². The first-order valence-corrected chi connectivity index (χ1v) is 9.95. The van der Waals surface area contributed by atoms with Gasteiger partial charge in [0.2, 0.25) is 10.0 Å². The molecule has 4 N–H and O–H groups in total. The number of hydrogen-bond donors (Lipinski definition) is 2. The first-order chi connectivity index (χ1) is 11.8. The van der Waals surface area contributed by atoms with Crippen LogP contribution in [-0.2, 0) is 10.0 Å². The second-order valence-corrected chi connectivity index (χ2v) is 8.07. The van der Waals surface area contributed by atoms with Crippen LogP contribution in [0.25, 0.3) is 0 Å². The van der Waals surface area contributed by atoms with Gasteiger partial charge in [0, 0.05) is 36.9 Å². The summed E-state index contributed by atoms with van der Waals surface area (Å²) in [6.45, 7) is 3.38. The van der Waals surface area contributed by atoms with E-state index in [2.05, 4.69) is 15.9 Å². The van der Waals surface area contributed by atoms with Crippen LogP contribution in [0.3, 0.4) is 0 Å². The van der Waals surface area contributed by atoms with Gasteiger partial charge in [-0.05, 0) is 42.8 Å². The summed E-state index contributed by atoms with van der Waals surface area (Å²) >= 11 is 6.09. The van der Waals surface area contributed by atoms with Crippen molar-refractivity contribution < 1.29 is 8.42 Å². The molecular formula is C17H22Cl2N4O2S. The Morgan fingerprint density at radius 2 is 1.65 bits per heavy atom. The van der Waals surface area contributed by atoms with E-state index in [0.717, 1.165) is 49.0 Å². The van der Waals surface area contributed by atoms with Crippen molar-refractivity contribution in [3.05, 3.63) is 47.5 Å². The van der Waals surface area contributed by atoms with Crippen LogP contribution in [0.15, 0.2) is 47.4 Å². The van der Waals surface area contributed by atoms with Gasteiger partial charge in [0.25, 0.3) is 0 Å². The normalized spacial score (nSPS) is 15.3. The fourth-order valence-electron chi connectivity index (χ4n) is 3.09. The third-order valence-corrected chi connectivity index (χ3v) is 5.48. The lowest BCUT2D eigenvalue weighted by molar-refractivity contribution is 0.598. The monoisotopic (exact) mass is 416 g/mol. The number of benzene rings is 2. The minimum atomic E-state index is -3.75. The molecule has 9 heteroatoms. The molecular weight excluding hydrogens is 395 g/mol. The molecule has 0 saturated carbocycles. The fourth-order valence-corrected chi connectivity index (χ4v) is 3.82. The van der Waals surface area contributed by atoms with E-state index in [0.29, 0.717) is 5.69 Å². The predicted octanol–water partition coefficient (Wildman–Crippen LogP) is 2.71. The van der Waals surface area contributed by atoms with Crippen molar-refractivity contribution in [1.29, 1.82) is 0 Å². The molecule has 0 aliphatic carbocycles. The third kappa shape index (κ3) is 4.73. The summed E-state index contributed by atoms with van der Waals surface area (Å²) in [6, 6.07) is 12.5. The largest absolute Gasteiger partial charge is 0.397 e. The van der Waals surface area contributed by atoms with E-state index in [1.54, 1.807) is 6.07 Å². The van der Waals surface area contributed by atoms with Gasteiger partial charge in [-0.1, -0.05) is 17.7 Å². The van der Waals surface area contributed by atoms with Gasteiger partial charge >= 0.3 is 0 Å². The van der Waals surface area contributed by atoms with Gasteiger partial charge in [0.1, 0.15) is 0 Å². The van der Waals surface area contributed by atoms with E-state index in [9.17, 15) is 8.42 Å². The van der Waals surface area contributed by atoms with Gasteiger partial charge in [-0.2, -0.15) is 0 Å². The Morgan fingerprint density at radius 1 is 0.962 bits per heavy atom. The van der Waals surface area contributed by atoms with Gasteiger partial charge in [-0.25, -0.2) is 13.6 Å². The van der Waals surface area contributed by atoms with E-state index >= 15 is 0 Å². The van der Waals surface area contributed by atoms with Crippen LogP contribution >= 0.6 is 24.0 Å². The first-order valence-electron chi connectivity index (χ1n) is 8.02. The zero-order valence-electron chi connectivity index (χ0n) is 14.1. The molecule has 2 aromatic rings. The van der Waals surface area contributed by atoms with E-state index < -0.39 is 10.0 Å². The number of nitrogens with two attached hydrogens (primary N) is 2. The summed E-state index contributed by atoms with van der Waals surface area (Å²) in [6.07, 6.45) is 0.961. The highest BCUT2D eigenvalue weighted by Gasteiger charge is 2.18. The van der Waals surface area contributed by atoms with Crippen LogP contribution < -0.4 is 20.7 Å². The molecule has 6 nitrogen and oxygen atoms in total. The lowest BCUT2D eigenvalue weighted by Crippen LogP contribution is -2.31. The molecule has 0 bridgehead atoms. The van der Waals surface area contributed by atoms with Crippen LogP contribution in [0.1, 0.15) is 6.42 Å². The highest BCUT2D eigenvalue weighted by atomic mass is 35.5. The fraction of sp³-hybridized carbons (Fsp3) is 0.294. The van der Waals surface area contributed by atoms with Crippen molar-refractivity contribution in [3.63, 3.8) is 0 Å². The second-order valence-electron chi connectivity index (χ2n) is 6.07. The molecule has 0 spiro atoms. The molecule has 0 atom stereocenters. The van der Waals surface area contributed by atoms with E-state index in [-0.39, 0.29) is 17.3 Å². The molecule has 3 rings (SSSR count). The Labute approximate surface area is 165 Å². The van der Waals surface area contributed by atoms with Crippen LogP contribution in [-0.4, -0.2) is 34.6 Å². The average molecular weight is 417 g/mol. The van der Waals surface area contributed by atoms with E-state index in [4.69, 9.17) is 22.5 Å². The zero-order chi connectivity index (χ0) is 18.0. The Bertz CT molecular complexity index is 877. The highest BCUT2D eigenvalue weighted by molar-refractivity contribution is 7.89. The van der Waals surface area contributed by atoms with Crippen LogP contribution in [0.4, 0.5) is 17.1 Å². The number of nitrogens with zero attached hydrogens (tertiary/aromatic N) is 2. The minimum absolute atomic E-state index is 0. The van der Waals surface area contributed by atoms with Crippen LogP contribution in [0.5, 0.6) is 0 Å². The summed E-state index contributed by atoms with van der Waals surface area (Å²) in [5.41, 5.74) is 8.43. The van der Waals surface area contributed by atoms with Crippen molar-refractivity contribution in [2.24, 2.45) is 5.14 Å². The van der Waals surface area contributed by atoms with Gasteiger partial charge in [-0.3, -0.25) is 0 Å². The Hall–Kier alpha value is -1.67. The second kappa shape index (κ2) is 8.35. The molecule has 1 aliphatic rings. The van der Waals surface area contributed by atoms with Crippen molar-refractivity contribution in [2.75, 3.05) is 41.7 Å². The Morgan fingerprint density at radius 3 is 2.31 bits per heavy atom. The van der Waals surface area contributed by atoms with Crippen molar-refractivity contribution >= 4 is 51.1 Å². The van der Waals surface area contributed by atoms with Gasteiger partial charge in [0.15, 0.2) is 0 Å². The van der Waals surface area contributed by atoms with Crippen molar-refractivity contribution in [3.8, 4) is 0 Å². The molecule has 0 amide bonds. The minimum Gasteiger partial charge on any atom is -0.397 e. The topological polar surface area (TPSA) is 92.7 Å². The molecule has 2 aromatic carbocycles. The number of nitrogen functional groups attached to an aromatic ring is 1. The molecule has 1 heterocycles. The van der Waals surface area contributed by atoms with Gasteiger partial charge in [0.05, 0.1) is 16.3 Å². The van der Waals surface area contributed by atoms with Crippen molar-refractivity contribution in [1.82, 2.24) is 0 Å². The van der Waals surface area contributed by atoms with E-state index in [1.807, 2.05) is 18.2 Å². The highest BCUT2D eigenvalue weighted by Crippen LogP contribution is 2.28. The smallest absolute Gasteiger partial charge is 0.238 e. The Balaban J connectivity index is 0.00000243. The number of anilines is 3. The van der Waals surface area contributed by atoms with Gasteiger partial charge in [-0.15, -0.1) is 12.4 Å². The summed E-state index contributed by atoms with van der Waals surface area (Å²) in [4.78, 5) is 4.50. The molecule has 142 valence electrons. The lowest BCUT2D eigenvalue weighted by Gasteiger charge is -2.26. The number of rotatable bonds is 3. The quantitative estimate of drug-likeness (QED) is 0.750. The Kier molecular flexibility index (Phi) is 6.63. The van der Waals surface area contributed by atoms with E-state index in [1.165, 1.54) is 12.1 Å². The number of halogens is 2. The molecule has 1 aliphatic heterocycles. The molecule has 1 fully saturated rings. The maximum absolute atomic E-state index is 11.4. The van der Waals surface area contributed by atoms with Gasteiger partial charge < -0.3 is 15.5 Å². The lowest BCUT2D eigenvalue weighted by atomic mass is 10.2. The first kappa shape index (κ1) is 20.6. The standard InChI is InChI=1S/C17H21ClN4O2S.ClH/c18-13-3-1-4-14(11-13)21-7-2-8-22(10-9-21)17-6-5-15(12-16(17)19)25(20,23)24;/h1,3-6,11-12H,2,7-10,19H2,(H2,20,23,24);1H. The molecule has 1 saturated heterocycles. The average Bonchev–Trinajstić information content (AvgIpc) is 2.80. The molecule has 0 aromatic heterocycles. The summed E-state index contributed by atoms with van der Waals surface area (Å²) < 4.78 is 22.9. The van der Waals surface area contributed by atoms with Crippen molar-refractivity contribution in [2.45, 2.75) is 11.3 Å². The van der Waals surface area contributed by atoms with Crippen LogP contribution in [0, 0.1) is 0 Å². The summed E-state index contributed by atoms with van der Waals surface area (Å²) in [5, 5.41) is 5.88. The maximum Gasteiger partial charge on any atom is 0.238 e. The molecule has 0 unspecified atom stereocenters.